The van der Waals surface area contributed by atoms with Crippen LogP contribution in [0.3, 0.4) is 0 Å². The lowest BCUT2D eigenvalue weighted by atomic mass is 10.1. The number of nitrogens with two attached hydrogens (primary N) is 1. The van der Waals surface area contributed by atoms with Gasteiger partial charge in [-0.2, -0.15) is 0 Å². The number of rotatable bonds is 4. The molecule has 2 rings (SSSR count). The maximum atomic E-state index is 8.94. The monoisotopic (exact) mass is 228 g/mol. The van der Waals surface area contributed by atoms with Crippen LogP contribution < -0.4 is 11.1 Å². The second-order valence-corrected chi connectivity index (χ2v) is 3.95. The van der Waals surface area contributed by atoms with Crippen molar-refractivity contribution in [2.24, 2.45) is 0 Å². The summed E-state index contributed by atoms with van der Waals surface area (Å²) in [5, 5.41) is 12.2. The molecule has 0 spiro atoms. The third-order valence-electron chi connectivity index (χ3n) is 2.59. The lowest BCUT2D eigenvalue weighted by Gasteiger charge is -2.07. The van der Waals surface area contributed by atoms with E-state index in [2.05, 4.69) is 5.32 Å². The molecule has 4 N–H and O–H groups in total. The molecule has 0 saturated carbocycles. The van der Waals surface area contributed by atoms with Gasteiger partial charge in [0.05, 0.1) is 6.61 Å². The third kappa shape index (κ3) is 3.23. The molecule has 0 heterocycles. The second-order valence-electron chi connectivity index (χ2n) is 3.95. The molecule has 0 aliphatic heterocycles. The minimum absolute atomic E-state index is 0.0862. The molecule has 0 atom stereocenters. The highest BCUT2D eigenvalue weighted by molar-refractivity contribution is 5.54. The molecule has 2 aromatic carbocycles. The highest BCUT2D eigenvalue weighted by atomic mass is 16.3. The van der Waals surface area contributed by atoms with Crippen molar-refractivity contribution in [1.29, 1.82) is 0 Å². The Kier molecular flexibility index (Phi) is 3.62. The summed E-state index contributed by atoms with van der Waals surface area (Å²) in [5.74, 6) is 0. The van der Waals surface area contributed by atoms with Gasteiger partial charge in [0.15, 0.2) is 0 Å². The van der Waals surface area contributed by atoms with Gasteiger partial charge in [-0.15, -0.1) is 0 Å². The largest absolute Gasteiger partial charge is 0.399 e. The number of aliphatic hydroxyl groups excluding tert-OH is 1. The summed E-state index contributed by atoms with van der Waals surface area (Å²) in [6.07, 6.45) is 0. The fourth-order valence-electron chi connectivity index (χ4n) is 1.62. The molecule has 0 aliphatic carbocycles. The minimum atomic E-state index is 0.0862. The fraction of sp³-hybridized carbons (Fsp3) is 0.143. The first-order valence-corrected chi connectivity index (χ1v) is 5.56. The Bertz CT molecular complexity index is 480. The Morgan fingerprint density at radius 1 is 1.00 bits per heavy atom. The van der Waals surface area contributed by atoms with Crippen LogP contribution in [0.2, 0.25) is 0 Å². The average molecular weight is 228 g/mol. The molecule has 0 radical (unpaired) electrons. The van der Waals surface area contributed by atoms with Crippen molar-refractivity contribution in [2.45, 2.75) is 13.2 Å². The Morgan fingerprint density at radius 2 is 1.71 bits per heavy atom. The molecular formula is C14H16N2O. The highest BCUT2D eigenvalue weighted by Gasteiger charge is 1.95. The van der Waals surface area contributed by atoms with Crippen LogP contribution in [0.4, 0.5) is 11.4 Å². The van der Waals surface area contributed by atoms with Crippen LogP contribution in [0.15, 0.2) is 48.5 Å². The quantitative estimate of drug-likeness (QED) is 0.704. The normalized spacial score (nSPS) is 10.2. The van der Waals surface area contributed by atoms with E-state index < -0.39 is 0 Å². The van der Waals surface area contributed by atoms with Gasteiger partial charge < -0.3 is 16.2 Å². The zero-order valence-corrected chi connectivity index (χ0v) is 9.56. The van der Waals surface area contributed by atoms with E-state index in [9.17, 15) is 0 Å². The Morgan fingerprint density at radius 3 is 2.35 bits per heavy atom. The summed E-state index contributed by atoms with van der Waals surface area (Å²) in [4.78, 5) is 0. The summed E-state index contributed by atoms with van der Waals surface area (Å²) in [6.45, 7) is 0.831. The lowest BCUT2D eigenvalue weighted by molar-refractivity contribution is 0.282. The van der Waals surface area contributed by atoms with Crippen LogP contribution in [0, 0.1) is 0 Å². The van der Waals surface area contributed by atoms with Crippen molar-refractivity contribution in [2.75, 3.05) is 11.1 Å². The van der Waals surface area contributed by atoms with Gasteiger partial charge in [-0.05, 0) is 29.3 Å². The summed E-state index contributed by atoms with van der Waals surface area (Å²) >= 11 is 0. The van der Waals surface area contributed by atoms with Crippen molar-refractivity contribution in [3.05, 3.63) is 59.7 Å². The molecule has 0 aromatic heterocycles. The SMILES string of the molecule is Nc1cccc(NCc2ccc(CO)cc2)c1. The van der Waals surface area contributed by atoms with Crippen LogP contribution in [-0.4, -0.2) is 5.11 Å². The van der Waals surface area contributed by atoms with Crippen molar-refractivity contribution >= 4 is 11.4 Å². The smallest absolute Gasteiger partial charge is 0.0681 e. The molecule has 2 aromatic rings. The molecule has 0 saturated heterocycles. The van der Waals surface area contributed by atoms with Gasteiger partial charge in [0, 0.05) is 17.9 Å². The number of benzene rings is 2. The summed E-state index contributed by atoms with van der Waals surface area (Å²) < 4.78 is 0. The number of nitrogens with one attached hydrogen (secondary N) is 1. The van der Waals surface area contributed by atoms with Crippen LogP contribution >= 0.6 is 0 Å². The number of hydrogen-bond acceptors (Lipinski definition) is 3. The molecule has 3 nitrogen and oxygen atoms in total. The molecule has 88 valence electrons. The Hall–Kier alpha value is -2.00. The van der Waals surface area contributed by atoms with Gasteiger partial charge in [0.1, 0.15) is 0 Å². The van der Waals surface area contributed by atoms with E-state index in [-0.39, 0.29) is 6.61 Å². The maximum Gasteiger partial charge on any atom is 0.0681 e. The van der Waals surface area contributed by atoms with Crippen molar-refractivity contribution < 1.29 is 5.11 Å². The van der Waals surface area contributed by atoms with Crippen LogP contribution in [-0.2, 0) is 13.2 Å². The van der Waals surface area contributed by atoms with E-state index in [0.717, 1.165) is 23.5 Å². The van der Waals surface area contributed by atoms with Crippen molar-refractivity contribution in [3.8, 4) is 0 Å². The molecule has 0 amide bonds. The van der Waals surface area contributed by atoms with Gasteiger partial charge >= 0.3 is 0 Å². The minimum Gasteiger partial charge on any atom is -0.399 e. The third-order valence-corrected chi connectivity index (χ3v) is 2.59. The van der Waals surface area contributed by atoms with Crippen LogP contribution in [0.5, 0.6) is 0 Å². The average Bonchev–Trinajstić information content (AvgIpc) is 2.37. The van der Waals surface area contributed by atoms with E-state index in [0.29, 0.717) is 0 Å². The summed E-state index contributed by atoms with van der Waals surface area (Å²) in [7, 11) is 0. The van der Waals surface area contributed by atoms with Gasteiger partial charge in [-0.25, -0.2) is 0 Å². The second kappa shape index (κ2) is 5.37. The molecule has 3 heteroatoms. The van der Waals surface area contributed by atoms with E-state index in [1.807, 2.05) is 48.5 Å². The number of anilines is 2. The van der Waals surface area contributed by atoms with Crippen molar-refractivity contribution in [3.63, 3.8) is 0 Å². The molecule has 0 fully saturated rings. The molecule has 0 aliphatic rings. The van der Waals surface area contributed by atoms with Gasteiger partial charge in [0.2, 0.25) is 0 Å². The van der Waals surface area contributed by atoms with Crippen LogP contribution in [0.1, 0.15) is 11.1 Å². The first-order valence-electron chi connectivity index (χ1n) is 5.56. The fourth-order valence-corrected chi connectivity index (χ4v) is 1.62. The van der Waals surface area contributed by atoms with Crippen molar-refractivity contribution in [1.82, 2.24) is 0 Å². The number of hydrogen-bond donors (Lipinski definition) is 3. The first kappa shape index (κ1) is 11.5. The Labute approximate surface area is 101 Å². The zero-order chi connectivity index (χ0) is 12.1. The van der Waals surface area contributed by atoms with E-state index in [4.69, 9.17) is 10.8 Å². The molecule has 17 heavy (non-hydrogen) atoms. The highest BCUT2D eigenvalue weighted by Crippen LogP contribution is 2.13. The van der Waals surface area contributed by atoms with E-state index >= 15 is 0 Å². The molecular weight excluding hydrogens is 212 g/mol. The summed E-state index contributed by atoms with van der Waals surface area (Å²) in [6, 6.07) is 15.5. The Balaban J connectivity index is 1.97. The lowest BCUT2D eigenvalue weighted by Crippen LogP contribution is -2.00. The topological polar surface area (TPSA) is 58.3 Å². The molecule has 0 bridgehead atoms. The van der Waals surface area contributed by atoms with E-state index in [1.54, 1.807) is 0 Å². The standard InChI is InChI=1S/C14H16N2O/c15-13-2-1-3-14(8-13)16-9-11-4-6-12(10-17)7-5-11/h1-8,16-17H,9-10,15H2. The molecule has 0 unspecified atom stereocenters. The zero-order valence-electron chi connectivity index (χ0n) is 9.56. The maximum absolute atomic E-state index is 8.94. The predicted octanol–water partition coefficient (Wildman–Crippen LogP) is 2.37. The number of nitrogen functional groups attached to an aromatic ring is 1. The first-order chi connectivity index (χ1) is 8.28. The van der Waals surface area contributed by atoms with Gasteiger partial charge in [-0.1, -0.05) is 30.3 Å². The number of aliphatic hydroxyl groups is 1. The predicted molar refractivity (Wildman–Crippen MR) is 70.5 cm³/mol. The van der Waals surface area contributed by atoms with Crippen LogP contribution in [0.25, 0.3) is 0 Å². The summed E-state index contributed by atoms with van der Waals surface area (Å²) in [5.41, 5.74) is 9.56. The van der Waals surface area contributed by atoms with Gasteiger partial charge in [-0.3, -0.25) is 0 Å². The van der Waals surface area contributed by atoms with E-state index in [1.165, 1.54) is 5.56 Å². The van der Waals surface area contributed by atoms with Gasteiger partial charge in [0.25, 0.3) is 0 Å².